The van der Waals surface area contributed by atoms with Crippen LogP contribution in [0, 0.1) is 5.82 Å². The Morgan fingerprint density at radius 1 is 1.16 bits per heavy atom. The summed E-state index contributed by atoms with van der Waals surface area (Å²) in [6.45, 7) is 1.34. The molecule has 2 aromatic rings. The van der Waals surface area contributed by atoms with E-state index >= 15 is 0 Å². The zero-order valence-corrected chi connectivity index (χ0v) is 14.3. The number of sulfonamides is 1. The number of halogens is 1. The van der Waals surface area contributed by atoms with Gasteiger partial charge in [0.15, 0.2) is 11.5 Å². The molecule has 1 heterocycles. The molecule has 0 saturated heterocycles. The molecule has 1 N–H and O–H groups in total. The van der Waals surface area contributed by atoms with Gasteiger partial charge in [-0.25, -0.2) is 12.8 Å². The van der Waals surface area contributed by atoms with E-state index in [1.54, 1.807) is 0 Å². The van der Waals surface area contributed by atoms with Crippen molar-refractivity contribution in [1.29, 1.82) is 0 Å². The minimum Gasteiger partial charge on any atom is -0.454 e. The highest BCUT2D eigenvalue weighted by Gasteiger charge is 2.22. The van der Waals surface area contributed by atoms with Gasteiger partial charge in [0.1, 0.15) is 5.82 Å². The smallest absolute Gasteiger partial charge is 0.262 e. The summed E-state index contributed by atoms with van der Waals surface area (Å²) >= 11 is 0. The van der Waals surface area contributed by atoms with E-state index in [0.717, 1.165) is 12.1 Å². The van der Waals surface area contributed by atoms with E-state index < -0.39 is 15.8 Å². The molecular formula is C16H15FN2O5S. The van der Waals surface area contributed by atoms with E-state index in [4.69, 9.17) is 9.47 Å². The largest absolute Gasteiger partial charge is 0.454 e. The van der Waals surface area contributed by atoms with Crippen LogP contribution in [0.5, 0.6) is 11.5 Å². The van der Waals surface area contributed by atoms with Crippen molar-refractivity contribution in [2.45, 2.75) is 11.8 Å². The molecule has 0 fully saturated rings. The highest BCUT2D eigenvalue weighted by Crippen LogP contribution is 2.35. The van der Waals surface area contributed by atoms with Crippen molar-refractivity contribution in [1.82, 2.24) is 0 Å². The van der Waals surface area contributed by atoms with Gasteiger partial charge in [-0.2, -0.15) is 0 Å². The van der Waals surface area contributed by atoms with Crippen molar-refractivity contribution in [2.24, 2.45) is 0 Å². The molecule has 132 valence electrons. The Morgan fingerprint density at radius 2 is 1.88 bits per heavy atom. The number of carbonyl (C=O) groups is 1. The maximum Gasteiger partial charge on any atom is 0.262 e. The second-order valence-corrected chi connectivity index (χ2v) is 7.04. The highest BCUT2D eigenvalue weighted by atomic mass is 32.2. The molecule has 2 aromatic carbocycles. The third kappa shape index (κ3) is 3.36. The van der Waals surface area contributed by atoms with Gasteiger partial charge in [-0.15, -0.1) is 0 Å². The van der Waals surface area contributed by atoms with Gasteiger partial charge in [0.25, 0.3) is 10.0 Å². The molecule has 0 bridgehead atoms. The average Bonchev–Trinajstić information content (AvgIpc) is 3.01. The topological polar surface area (TPSA) is 84.9 Å². The lowest BCUT2D eigenvalue weighted by Crippen LogP contribution is -2.25. The van der Waals surface area contributed by atoms with Crippen LogP contribution in [0.2, 0.25) is 0 Å². The first-order valence-corrected chi connectivity index (χ1v) is 8.72. The van der Waals surface area contributed by atoms with Gasteiger partial charge >= 0.3 is 0 Å². The molecule has 0 spiro atoms. The number of benzene rings is 2. The maximum atomic E-state index is 13.6. The van der Waals surface area contributed by atoms with Crippen molar-refractivity contribution < 1.29 is 27.1 Å². The standard InChI is InChI=1S/C16H15FN2O5S/c1-10(20)19(2)14-5-3-11(17)7-13(14)18-25(21,22)12-4-6-15-16(8-12)24-9-23-15/h3-8,18H,9H2,1-2H3. The van der Waals surface area contributed by atoms with Crippen molar-refractivity contribution >= 4 is 27.3 Å². The molecule has 7 nitrogen and oxygen atoms in total. The summed E-state index contributed by atoms with van der Waals surface area (Å²) < 4.78 is 51.5. The summed E-state index contributed by atoms with van der Waals surface area (Å²) in [5.41, 5.74) is 0.189. The fourth-order valence-corrected chi connectivity index (χ4v) is 3.38. The van der Waals surface area contributed by atoms with Crippen molar-refractivity contribution in [3.05, 3.63) is 42.2 Å². The fraction of sp³-hybridized carbons (Fsp3) is 0.188. The molecule has 1 amide bonds. The molecule has 0 atom stereocenters. The van der Waals surface area contributed by atoms with Crippen LogP contribution >= 0.6 is 0 Å². The van der Waals surface area contributed by atoms with Crippen LogP contribution in [-0.4, -0.2) is 28.2 Å². The molecule has 0 unspecified atom stereocenters. The van der Waals surface area contributed by atoms with Crippen LogP contribution < -0.4 is 19.1 Å². The SMILES string of the molecule is CC(=O)N(C)c1ccc(F)cc1NS(=O)(=O)c1ccc2c(c1)OCO2. The number of carbonyl (C=O) groups excluding carboxylic acids is 1. The Kier molecular flexibility index (Phi) is 4.25. The summed E-state index contributed by atoms with van der Waals surface area (Å²) in [6.07, 6.45) is 0. The highest BCUT2D eigenvalue weighted by molar-refractivity contribution is 7.92. The summed E-state index contributed by atoms with van der Waals surface area (Å²) in [4.78, 5) is 12.7. The van der Waals surface area contributed by atoms with E-state index in [9.17, 15) is 17.6 Å². The quantitative estimate of drug-likeness (QED) is 0.898. The van der Waals surface area contributed by atoms with Crippen LogP contribution in [-0.2, 0) is 14.8 Å². The Hall–Kier alpha value is -2.81. The number of hydrogen-bond donors (Lipinski definition) is 1. The summed E-state index contributed by atoms with van der Waals surface area (Å²) in [7, 11) is -2.56. The second-order valence-electron chi connectivity index (χ2n) is 5.36. The third-order valence-corrected chi connectivity index (χ3v) is 5.05. The molecule has 0 saturated carbocycles. The average molecular weight is 366 g/mol. The molecule has 3 rings (SSSR count). The number of ether oxygens (including phenoxy) is 2. The van der Waals surface area contributed by atoms with E-state index in [-0.39, 0.29) is 29.0 Å². The van der Waals surface area contributed by atoms with Gasteiger partial charge in [0.05, 0.1) is 16.3 Å². The van der Waals surface area contributed by atoms with E-state index in [1.807, 2.05) is 0 Å². The lowest BCUT2D eigenvalue weighted by molar-refractivity contribution is -0.116. The second kappa shape index (κ2) is 6.25. The monoisotopic (exact) mass is 366 g/mol. The van der Waals surface area contributed by atoms with Crippen molar-refractivity contribution in [2.75, 3.05) is 23.5 Å². The molecule has 1 aliphatic rings. The Labute approximate surface area is 144 Å². The van der Waals surface area contributed by atoms with Crippen LogP contribution in [0.1, 0.15) is 6.92 Å². The number of nitrogens with zero attached hydrogens (tertiary/aromatic N) is 1. The molecule has 9 heteroatoms. The predicted molar refractivity (Wildman–Crippen MR) is 88.9 cm³/mol. The van der Waals surface area contributed by atoms with Crippen molar-refractivity contribution in [3.63, 3.8) is 0 Å². The van der Waals surface area contributed by atoms with Gasteiger partial charge in [0.2, 0.25) is 12.7 Å². The van der Waals surface area contributed by atoms with Crippen molar-refractivity contribution in [3.8, 4) is 11.5 Å². The zero-order chi connectivity index (χ0) is 18.2. The van der Waals surface area contributed by atoms with Crippen LogP contribution in [0.3, 0.4) is 0 Å². The molecule has 0 aliphatic carbocycles. The zero-order valence-electron chi connectivity index (χ0n) is 13.4. The number of nitrogens with one attached hydrogen (secondary N) is 1. The number of rotatable bonds is 4. The van der Waals surface area contributed by atoms with Crippen LogP contribution in [0.4, 0.5) is 15.8 Å². The lowest BCUT2D eigenvalue weighted by Gasteiger charge is -2.20. The molecule has 0 aromatic heterocycles. The molecule has 25 heavy (non-hydrogen) atoms. The summed E-state index contributed by atoms with van der Waals surface area (Å²) in [6, 6.07) is 7.63. The van der Waals surface area contributed by atoms with Gasteiger partial charge < -0.3 is 14.4 Å². The predicted octanol–water partition coefficient (Wildman–Crippen LogP) is 2.34. The summed E-state index contributed by atoms with van der Waals surface area (Å²) in [5.74, 6) is -0.205. The molecule has 1 aliphatic heterocycles. The maximum absolute atomic E-state index is 13.6. The Bertz CT molecular complexity index is 946. The summed E-state index contributed by atoms with van der Waals surface area (Å²) in [5, 5.41) is 0. The molecular weight excluding hydrogens is 351 g/mol. The normalized spacial score (nSPS) is 12.8. The minimum atomic E-state index is -4.02. The first kappa shape index (κ1) is 17.0. The van der Waals surface area contributed by atoms with Gasteiger partial charge in [0, 0.05) is 26.1 Å². The van der Waals surface area contributed by atoms with Crippen LogP contribution in [0.25, 0.3) is 0 Å². The lowest BCUT2D eigenvalue weighted by atomic mass is 10.2. The Balaban J connectivity index is 1.98. The van der Waals surface area contributed by atoms with Gasteiger partial charge in [-0.3, -0.25) is 9.52 Å². The van der Waals surface area contributed by atoms with Gasteiger partial charge in [-0.1, -0.05) is 0 Å². The van der Waals surface area contributed by atoms with E-state index in [2.05, 4.69) is 4.72 Å². The number of amides is 1. The van der Waals surface area contributed by atoms with Crippen LogP contribution in [0.15, 0.2) is 41.3 Å². The first-order chi connectivity index (χ1) is 11.8. The first-order valence-electron chi connectivity index (χ1n) is 7.24. The number of fused-ring (bicyclic) bond motifs is 1. The Morgan fingerprint density at radius 3 is 2.60 bits per heavy atom. The van der Waals surface area contributed by atoms with Gasteiger partial charge in [-0.05, 0) is 24.3 Å². The third-order valence-electron chi connectivity index (χ3n) is 3.69. The fourth-order valence-electron chi connectivity index (χ4n) is 2.30. The number of hydrogen-bond acceptors (Lipinski definition) is 5. The minimum absolute atomic E-state index is 0.0176. The number of anilines is 2. The van der Waals surface area contributed by atoms with E-state index in [1.165, 1.54) is 43.1 Å². The molecule has 0 radical (unpaired) electrons. The van der Waals surface area contributed by atoms with E-state index in [0.29, 0.717) is 11.5 Å².